The molecule has 0 bridgehead atoms. The van der Waals surface area contributed by atoms with E-state index in [2.05, 4.69) is 0 Å². The molecule has 1 fully saturated rings. The van der Waals surface area contributed by atoms with Gasteiger partial charge in [-0.2, -0.15) is 0 Å². The van der Waals surface area contributed by atoms with Crippen molar-refractivity contribution in [3.8, 4) is 11.5 Å². The Morgan fingerprint density at radius 3 is 2.65 bits per heavy atom. The molecule has 1 aromatic carbocycles. The average molecular weight is 279 g/mol. The summed E-state index contributed by atoms with van der Waals surface area (Å²) < 4.78 is 10.5. The van der Waals surface area contributed by atoms with E-state index in [0.717, 1.165) is 25.0 Å². The van der Waals surface area contributed by atoms with Crippen molar-refractivity contribution in [2.24, 2.45) is 0 Å². The number of aliphatic hydroxyl groups excluding tert-OH is 1. The summed E-state index contributed by atoms with van der Waals surface area (Å²) in [4.78, 5) is 13.9. The number of rotatable bonds is 5. The van der Waals surface area contributed by atoms with Crippen molar-refractivity contribution >= 4 is 5.91 Å². The van der Waals surface area contributed by atoms with E-state index in [4.69, 9.17) is 9.47 Å². The van der Waals surface area contributed by atoms with Crippen LogP contribution in [0.4, 0.5) is 0 Å². The molecule has 0 aromatic heterocycles. The van der Waals surface area contributed by atoms with Crippen LogP contribution in [-0.2, 0) is 4.79 Å². The fourth-order valence-electron chi connectivity index (χ4n) is 2.42. The number of ether oxygens (including phenoxy) is 2. The van der Waals surface area contributed by atoms with Crippen molar-refractivity contribution in [1.82, 2.24) is 4.90 Å². The van der Waals surface area contributed by atoms with Crippen LogP contribution in [0.2, 0.25) is 0 Å². The summed E-state index contributed by atoms with van der Waals surface area (Å²) in [7, 11) is 1.60. The Morgan fingerprint density at radius 1 is 1.30 bits per heavy atom. The Bertz CT molecular complexity index is 432. The second-order valence-corrected chi connectivity index (χ2v) is 4.88. The van der Waals surface area contributed by atoms with E-state index < -0.39 is 0 Å². The number of methoxy groups -OCH3 is 1. The number of likely N-dealkylation sites (tertiary alicyclic amines) is 1. The van der Waals surface area contributed by atoms with E-state index in [-0.39, 0.29) is 25.2 Å². The van der Waals surface area contributed by atoms with Crippen molar-refractivity contribution in [2.45, 2.75) is 25.3 Å². The van der Waals surface area contributed by atoms with Crippen molar-refractivity contribution < 1.29 is 19.4 Å². The molecule has 0 radical (unpaired) electrons. The normalized spacial score (nSPS) is 18.7. The van der Waals surface area contributed by atoms with Gasteiger partial charge in [-0.15, -0.1) is 0 Å². The van der Waals surface area contributed by atoms with Crippen molar-refractivity contribution in [3.63, 3.8) is 0 Å². The summed E-state index contributed by atoms with van der Waals surface area (Å²) in [5.74, 6) is 1.32. The molecule has 0 spiro atoms. The van der Waals surface area contributed by atoms with Gasteiger partial charge in [0.1, 0.15) is 11.5 Å². The van der Waals surface area contributed by atoms with Gasteiger partial charge in [0, 0.05) is 6.54 Å². The van der Waals surface area contributed by atoms with Crippen LogP contribution in [0.3, 0.4) is 0 Å². The number of aliphatic hydroxyl groups is 1. The molecule has 1 amide bonds. The lowest BCUT2D eigenvalue weighted by Gasteiger charge is -2.34. The van der Waals surface area contributed by atoms with E-state index in [1.54, 1.807) is 36.3 Å². The molecule has 1 aromatic rings. The van der Waals surface area contributed by atoms with Gasteiger partial charge in [-0.05, 0) is 43.5 Å². The lowest BCUT2D eigenvalue weighted by molar-refractivity contribution is -0.138. The maximum absolute atomic E-state index is 12.1. The molecule has 110 valence electrons. The minimum atomic E-state index is -0.0698. The van der Waals surface area contributed by atoms with Crippen LogP contribution in [0.1, 0.15) is 19.3 Å². The summed E-state index contributed by atoms with van der Waals surface area (Å²) in [5, 5.41) is 9.30. The van der Waals surface area contributed by atoms with Crippen LogP contribution in [0, 0.1) is 0 Å². The Morgan fingerprint density at radius 2 is 2.00 bits per heavy atom. The van der Waals surface area contributed by atoms with Crippen LogP contribution in [-0.4, -0.2) is 48.8 Å². The highest BCUT2D eigenvalue weighted by Crippen LogP contribution is 2.19. The molecule has 0 aliphatic carbocycles. The van der Waals surface area contributed by atoms with Crippen LogP contribution >= 0.6 is 0 Å². The largest absolute Gasteiger partial charge is 0.497 e. The number of carbonyl (C=O) groups excluding carboxylic acids is 1. The highest BCUT2D eigenvalue weighted by atomic mass is 16.5. The number of carbonyl (C=O) groups is 1. The van der Waals surface area contributed by atoms with E-state index in [9.17, 15) is 9.90 Å². The SMILES string of the molecule is COc1ccc(OCC(=O)N2CCCCC2CO)cc1. The summed E-state index contributed by atoms with van der Waals surface area (Å²) >= 11 is 0. The van der Waals surface area contributed by atoms with Crippen LogP contribution in [0.25, 0.3) is 0 Å². The van der Waals surface area contributed by atoms with E-state index >= 15 is 0 Å². The lowest BCUT2D eigenvalue weighted by Crippen LogP contribution is -2.47. The first-order valence-corrected chi connectivity index (χ1v) is 6.91. The van der Waals surface area contributed by atoms with Crippen LogP contribution < -0.4 is 9.47 Å². The predicted molar refractivity (Wildman–Crippen MR) is 74.9 cm³/mol. The van der Waals surface area contributed by atoms with Crippen molar-refractivity contribution in [2.75, 3.05) is 26.9 Å². The molecule has 1 heterocycles. The van der Waals surface area contributed by atoms with Crippen LogP contribution in [0.5, 0.6) is 11.5 Å². The first kappa shape index (κ1) is 14.7. The van der Waals surface area contributed by atoms with Gasteiger partial charge in [-0.25, -0.2) is 0 Å². The molecule has 1 N–H and O–H groups in total. The van der Waals surface area contributed by atoms with E-state index in [1.165, 1.54) is 0 Å². The van der Waals surface area contributed by atoms with Gasteiger partial charge in [0.2, 0.25) is 0 Å². The highest BCUT2D eigenvalue weighted by molar-refractivity contribution is 5.78. The summed E-state index contributed by atoms with van der Waals surface area (Å²) in [6, 6.07) is 7.06. The number of hydrogen-bond donors (Lipinski definition) is 1. The first-order valence-electron chi connectivity index (χ1n) is 6.91. The third-order valence-corrected chi connectivity index (χ3v) is 3.58. The van der Waals surface area contributed by atoms with Gasteiger partial charge in [0.25, 0.3) is 5.91 Å². The highest BCUT2D eigenvalue weighted by Gasteiger charge is 2.26. The maximum Gasteiger partial charge on any atom is 0.260 e. The number of amides is 1. The van der Waals surface area contributed by atoms with Crippen molar-refractivity contribution in [3.05, 3.63) is 24.3 Å². The molecule has 2 rings (SSSR count). The average Bonchev–Trinajstić information content (AvgIpc) is 2.53. The van der Waals surface area contributed by atoms with Crippen LogP contribution in [0.15, 0.2) is 24.3 Å². The lowest BCUT2D eigenvalue weighted by atomic mass is 10.0. The van der Waals surface area contributed by atoms with Gasteiger partial charge in [-0.3, -0.25) is 4.79 Å². The number of benzene rings is 1. The third-order valence-electron chi connectivity index (χ3n) is 3.58. The Hall–Kier alpha value is -1.75. The Balaban J connectivity index is 1.87. The second-order valence-electron chi connectivity index (χ2n) is 4.88. The monoisotopic (exact) mass is 279 g/mol. The molecular weight excluding hydrogens is 258 g/mol. The first-order chi connectivity index (χ1) is 9.74. The topological polar surface area (TPSA) is 59.0 Å². The van der Waals surface area contributed by atoms with Gasteiger partial charge in [-0.1, -0.05) is 0 Å². The van der Waals surface area contributed by atoms with Crippen molar-refractivity contribution in [1.29, 1.82) is 0 Å². The standard InChI is InChI=1S/C15H21NO4/c1-19-13-5-7-14(8-6-13)20-11-15(18)16-9-3-2-4-12(16)10-17/h5-8,12,17H,2-4,9-11H2,1H3. The quantitative estimate of drug-likeness (QED) is 0.886. The molecule has 20 heavy (non-hydrogen) atoms. The smallest absolute Gasteiger partial charge is 0.260 e. The summed E-state index contributed by atoms with van der Waals surface area (Å²) in [6.45, 7) is 0.729. The van der Waals surface area contributed by atoms with Gasteiger partial charge in [0.05, 0.1) is 19.8 Å². The summed E-state index contributed by atoms with van der Waals surface area (Å²) in [5.41, 5.74) is 0. The number of hydrogen-bond acceptors (Lipinski definition) is 4. The molecule has 5 heteroatoms. The maximum atomic E-state index is 12.1. The minimum Gasteiger partial charge on any atom is -0.497 e. The number of nitrogens with zero attached hydrogens (tertiary/aromatic N) is 1. The zero-order valence-corrected chi connectivity index (χ0v) is 11.7. The predicted octanol–water partition coefficient (Wildman–Crippen LogP) is 1.45. The fourth-order valence-corrected chi connectivity index (χ4v) is 2.42. The molecule has 1 atom stereocenters. The Kier molecular flexibility index (Phi) is 5.24. The molecule has 1 aliphatic rings. The Labute approximate surface area is 119 Å². The van der Waals surface area contributed by atoms with E-state index in [1.807, 2.05) is 0 Å². The fraction of sp³-hybridized carbons (Fsp3) is 0.533. The molecule has 1 saturated heterocycles. The number of piperidine rings is 1. The molecule has 1 aliphatic heterocycles. The van der Waals surface area contributed by atoms with Gasteiger partial charge < -0.3 is 19.5 Å². The van der Waals surface area contributed by atoms with Gasteiger partial charge in [0.15, 0.2) is 6.61 Å². The molecule has 5 nitrogen and oxygen atoms in total. The van der Waals surface area contributed by atoms with Gasteiger partial charge >= 0.3 is 0 Å². The second kappa shape index (κ2) is 7.14. The van der Waals surface area contributed by atoms with E-state index in [0.29, 0.717) is 12.3 Å². The molecule has 0 saturated carbocycles. The zero-order chi connectivity index (χ0) is 14.4. The minimum absolute atomic E-state index is 0.00281. The third kappa shape index (κ3) is 3.63. The summed E-state index contributed by atoms with van der Waals surface area (Å²) in [6.07, 6.45) is 2.92. The molecular formula is C15H21NO4. The molecule has 1 unspecified atom stereocenters. The zero-order valence-electron chi connectivity index (χ0n) is 11.7.